The molecule has 0 saturated carbocycles. The van der Waals surface area contributed by atoms with Crippen LogP contribution in [0.4, 0.5) is 0 Å². The molecule has 0 spiro atoms. The van der Waals surface area contributed by atoms with Crippen molar-refractivity contribution in [3.05, 3.63) is 33.7 Å². The van der Waals surface area contributed by atoms with Gasteiger partial charge in [0.05, 0.1) is 0 Å². The molecule has 0 saturated heterocycles. The first kappa shape index (κ1) is 11.0. The number of hydrogen-bond donors (Lipinski definition) is 1. The molecular formula is C11H18N2O. The zero-order valence-corrected chi connectivity index (χ0v) is 9.08. The van der Waals surface area contributed by atoms with Gasteiger partial charge in [0.25, 0.3) is 0 Å². The standard InChI is InChI=1S/C11H18N2O/c1-8(12)4-5-13-9(2)6-11(14)7-10(13)3/h6-8H,4-5,12H2,1-3H3. The Kier molecular flexibility index (Phi) is 3.47. The average Bonchev–Trinajstić information content (AvgIpc) is 2.01. The number of hydrogen-bond acceptors (Lipinski definition) is 2. The van der Waals surface area contributed by atoms with Crippen molar-refractivity contribution in [2.75, 3.05) is 0 Å². The first-order valence-electron chi connectivity index (χ1n) is 4.94. The van der Waals surface area contributed by atoms with Gasteiger partial charge in [0, 0.05) is 36.1 Å². The highest BCUT2D eigenvalue weighted by atomic mass is 16.1. The van der Waals surface area contributed by atoms with Crippen LogP contribution >= 0.6 is 0 Å². The molecule has 1 atom stereocenters. The van der Waals surface area contributed by atoms with Gasteiger partial charge in [-0.25, -0.2) is 0 Å². The minimum Gasteiger partial charge on any atom is -0.349 e. The number of nitrogens with zero attached hydrogens (tertiary/aromatic N) is 1. The molecule has 0 aliphatic carbocycles. The van der Waals surface area contributed by atoms with Crippen LogP contribution in [0.1, 0.15) is 24.7 Å². The average molecular weight is 194 g/mol. The van der Waals surface area contributed by atoms with Crippen LogP contribution in [0.3, 0.4) is 0 Å². The van der Waals surface area contributed by atoms with Crippen molar-refractivity contribution in [3.63, 3.8) is 0 Å². The Morgan fingerprint density at radius 2 is 1.86 bits per heavy atom. The zero-order valence-electron chi connectivity index (χ0n) is 9.08. The van der Waals surface area contributed by atoms with Gasteiger partial charge < -0.3 is 10.3 Å². The summed E-state index contributed by atoms with van der Waals surface area (Å²) in [6.45, 7) is 6.79. The molecule has 1 aromatic heterocycles. The molecule has 1 aromatic rings. The van der Waals surface area contributed by atoms with E-state index in [4.69, 9.17) is 5.73 Å². The van der Waals surface area contributed by atoms with Crippen LogP contribution in [0.2, 0.25) is 0 Å². The van der Waals surface area contributed by atoms with E-state index in [-0.39, 0.29) is 11.5 Å². The Labute approximate surface area is 84.6 Å². The summed E-state index contributed by atoms with van der Waals surface area (Å²) in [7, 11) is 0. The lowest BCUT2D eigenvalue weighted by Gasteiger charge is -2.15. The quantitative estimate of drug-likeness (QED) is 0.786. The second-order valence-electron chi connectivity index (χ2n) is 3.89. The first-order chi connectivity index (χ1) is 6.50. The number of aryl methyl sites for hydroxylation is 2. The third kappa shape index (κ3) is 2.70. The number of rotatable bonds is 3. The summed E-state index contributed by atoms with van der Waals surface area (Å²) < 4.78 is 2.13. The van der Waals surface area contributed by atoms with E-state index < -0.39 is 0 Å². The molecule has 0 aromatic carbocycles. The first-order valence-corrected chi connectivity index (χ1v) is 4.94. The largest absolute Gasteiger partial charge is 0.349 e. The minimum absolute atomic E-state index is 0.0806. The van der Waals surface area contributed by atoms with Crippen LogP contribution in [-0.4, -0.2) is 10.6 Å². The van der Waals surface area contributed by atoms with Crippen LogP contribution in [0.25, 0.3) is 0 Å². The van der Waals surface area contributed by atoms with Crippen LogP contribution in [0, 0.1) is 13.8 Å². The van der Waals surface area contributed by atoms with E-state index in [0.29, 0.717) is 0 Å². The molecule has 2 N–H and O–H groups in total. The Balaban J connectivity index is 2.91. The molecular weight excluding hydrogens is 176 g/mol. The Morgan fingerprint density at radius 1 is 1.36 bits per heavy atom. The summed E-state index contributed by atoms with van der Waals surface area (Å²) in [5, 5.41) is 0. The fraction of sp³-hybridized carbons (Fsp3) is 0.545. The lowest BCUT2D eigenvalue weighted by atomic mass is 10.2. The maximum atomic E-state index is 11.2. The highest BCUT2D eigenvalue weighted by molar-refractivity contribution is 5.12. The molecule has 0 bridgehead atoms. The van der Waals surface area contributed by atoms with Gasteiger partial charge in [0.1, 0.15) is 0 Å². The molecule has 14 heavy (non-hydrogen) atoms. The molecule has 0 fully saturated rings. The maximum absolute atomic E-state index is 11.2. The van der Waals surface area contributed by atoms with Gasteiger partial charge in [-0.3, -0.25) is 4.79 Å². The summed E-state index contributed by atoms with van der Waals surface area (Å²) in [5.74, 6) is 0. The molecule has 0 amide bonds. The van der Waals surface area contributed by atoms with Crippen molar-refractivity contribution >= 4 is 0 Å². The smallest absolute Gasteiger partial charge is 0.182 e. The highest BCUT2D eigenvalue weighted by Gasteiger charge is 2.02. The minimum atomic E-state index is 0.0806. The van der Waals surface area contributed by atoms with Crippen molar-refractivity contribution in [1.82, 2.24) is 4.57 Å². The highest BCUT2D eigenvalue weighted by Crippen LogP contribution is 2.03. The zero-order chi connectivity index (χ0) is 10.7. The number of aromatic nitrogens is 1. The Bertz CT molecular complexity index is 340. The molecule has 1 heterocycles. The van der Waals surface area contributed by atoms with Crippen LogP contribution < -0.4 is 11.2 Å². The van der Waals surface area contributed by atoms with Gasteiger partial charge in [-0.15, -0.1) is 0 Å². The monoisotopic (exact) mass is 194 g/mol. The van der Waals surface area contributed by atoms with Crippen molar-refractivity contribution < 1.29 is 0 Å². The van der Waals surface area contributed by atoms with Gasteiger partial charge in [-0.2, -0.15) is 0 Å². The molecule has 3 nitrogen and oxygen atoms in total. The summed E-state index contributed by atoms with van der Waals surface area (Å²) in [4.78, 5) is 11.2. The normalized spacial score (nSPS) is 12.9. The fourth-order valence-corrected chi connectivity index (χ4v) is 1.57. The molecule has 0 aliphatic heterocycles. The van der Waals surface area contributed by atoms with Gasteiger partial charge in [0.15, 0.2) is 5.43 Å². The lowest BCUT2D eigenvalue weighted by Crippen LogP contribution is -2.20. The fourth-order valence-electron chi connectivity index (χ4n) is 1.57. The van der Waals surface area contributed by atoms with Gasteiger partial charge in [-0.1, -0.05) is 0 Å². The van der Waals surface area contributed by atoms with Crippen molar-refractivity contribution in [1.29, 1.82) is 0 Å². The van der Waals surface area contributed by atoms with Crippen LogP contribution in [0.15, 0.2) is 16.9 Å². The van der Waals surface area contributed by atoms with Gasteiger partial charge in [-0.05, 0) is 27.2 Å². The number of pyridine rings is 1. The van der Waals surface area contributed by atoms with E-state index in [9.17, 15) is 4.79 Å². The van der Waals surface area contributed by atoms with Crippen molar-refractivity contribution in [2.45, 2.75) is 39.8 Å². The van der Waals surface area contributed by atoms with Crippen LogP contribution in [0.5, 0.6) is 0 Å². The molecule has 1 unspecified atom stereocenters. The van der Waals surface area contributed by atoms with E-state index in [2.05, 4.69) is 4.57 Å². The van der Waals surface area contributed by atoms with Crippen molar-refractivity contribution in [3.8, 4) is 0 Å². The second-order valence-corrected chi connectivity index (χ2v) is 3.89. The molecule has 1 rings (SSSR count). The van der Waals surface area contributed by atoms with Crippen LogP contribution in [-0.2, 0) is 6.54 Å². The predicted octanol–water partition coefficient (Wildman–Crippen LogP) is 1.20. The van der Waals surface area contributed by atoms with E-state index >= 15 is 0 Å². The maximum Gasteiger partial charge on any atom is 0.182 e. The van der Waals surface area contributed by atoms with Gasteiger partial charge >= 0.3 is 0 Å². The topological polar surface area (TPSA) is 48.0 Å². The summed E-state index contributed by atoms with van der Waals surface area (Å²) in [6.07, 6.45) is 0.935. The van der Waals surface area contributed by atoms with E-state index in [1.165, 1.54) is 0 Å². The lowest BCUT2D eigenvalue weighted by molar-refractivity contribution is 0.550. The van der Waals surface area contributed by atoms with E-state index in [0.717, 1.165) is 24.4 Å². The molecule has 78 valence electrons. The van der Waals surface area contributed by atoms with E-state index in [1.54, 1.807) is 12.1 Å². The van der Waals surface area contributed by atoms with Gasteiger partial charge in [0.2, 0.25) is 0 Å². The second kappa shape index (κ2) is 4.42. The third-order valence-electron chi connectivity index (χ3n) is 2.36. The van der Waals surface area contributed by atoms with Crippen molar-refractivity contribution in [2.24, 2.45) is 5.73 Å². The summed E-state index contributed by atoms with van der Waals surface area (Å²) >= 11 is 0. The summed E-state index contributed by atoms with van der Waals surface area (Å²) in [5.41, 5.74) is 7.80. The summed E-state index contributed by atoms with van der Waals surface area (Å²) in [6, 6.07) is 3.52. The van der Waals surface area contributed by atoms with E-state index in [1.807, 2.05) is 20.8 Å². The SMILES string of the molecule is Cc1cc(=O)cc(C)n1CCC(C)N. The Hall–Kier alpha value is -1.09. The molecule has 3 heteroatoms. The number of nitrogens with two attached hydrogens (primary N) is 1. The predicted molar refractivity (Wildman–Crippen MR) is 58.4 cm³/mol. The molecule has 0 radical (unpaired) electrons. The molecule has 0 aliphatic rings. The Morgan fingerprint density at radius 3 is 2.29 bits per heavy atom. The third-order valence-corrected chi connectivity index (χ3v) is 2.36.